The monoisotopic (exact) mass is 238 g/mol. The number of rotatable bonds is 7. The molecule has 17 heavy (non-hydrogen) atoms. The largest absolute Gasteiger partial charge is 0.478 e. The highest BCUT2D eigenvalue weighted by molar-refractivity contribution is 5.87. The van der Waals surface area contributed by atoms with Crippen LogP contribution in [0.3, 0.4) is 0 Å². The standard InChI is InChI=1S/C13H18O4/c1-3-16-6-7-17-9-12-5-4-11(13(14)15)8-10(12)2/h4-5,8H,3,6-7,9H2,1-2H3,(H,14,15). The molecule has 4 nitrogen and oxygen atoms in total. The predicted molar refractivity (Wildman–Crippen MR) is 64.3 cm³/mol. The summed E-state index contributed by atoms with van der Waals surface area (Å²) in [4.78, 5) is 10.7. The van der Waals surface area contributed by atoms with Gasteiger partial charge in [-0.05, 0) is 37.1 Å². The van der Waals surface area contributed by atoms with Crippen LogP contribution in [-0.2, 0) is 16.1 Å². The molecule has 0 saturated heterocycles. The van der Waals surface area contributed by atoms with Crippen molar-refractivity contribution in [3.05, 3.63) is 34.9 Å². The van der Waals surface area contributed by atoms with E-state index in [1.807, 2.05) is 13.8 Å². The van der Waals surface area contributed by atoms with Gasteiger partial charge < -0.3 is 14.6 Å². The van der Waals surface area contributed by atoms with Gasteiger partial charge in [0.15, 0.2) is 0 Å². The molecule has 0 radical (unpaired) electrons. The van der Waals surface area contributed by atoms with E-state index < -0.39 is 5.97 Å². The van der Waals surface area contributed by atoms with Gasteiger partial charge in [0.05, 0.1) is 25.4 Å². The summed E-state index contributed by atoms with van der Waals surface area (Å²) in [5, 5.41) is 8.83. The van der Waals surface area contributed by atoms with E-state index in [2.05, 4.69) is 0 Å². The fourth-order valence-corrected chi connectivity index (χ4v) is 1.44. The highest BCUT2D eigenvalue weighted by Crippen LogP contribution is 2.12. The molecule has 94 valence electrons. The number of ether oxygens (including phenoxy) is 2. The minimum atomic E-state index is -0.906. The van der Waals surface area contributed by atoms with E-state index in [9.17, 15) is 4.79 Å². The third kappa shape index (κ3) is 4.54. The summed E-state index contributed by atoms with van der Waals surface area (Å²) in [5.41, 5.74) is 2.24. The van der Waals surface area contributed by atoms with E-state index in [4.69, 9.17) is 14.6 Å². The molecule has 1 rings (SSSR count). The lowest BCUT2D eigenvalue weighted by Crippen LogP contribution is -2.05. The number of aryl methyl sites for hydroxylation is 1. The van der Waals surface area contributed by atoms with Crippen molar-refractivity contribution in [1.29, 1.82) is 0 Å². The van der Waals surface area contributed by atoms with Gasteiger partial charge in [-0.15, -0.1) is 0 Å². The van der Waals surface area contributed by atoms with E-state index in [-0.39, 0.29) is 0 Å². The zero-order chi connectivity index (χ0) is 12.7. The molecule has 0 amide bonds. The molecule has 1 N–H and O–H groups in total. The third-order valence-corrected chi connectivity index (χ3v) is 2.42. The molecule has 1 aromatic rings. The second-order valence-corrected chi connectivity index (χ2v) is 3.70. The zero-order valence-electron chi connectivity index (χ0n) is 10.2. The first-order valence-electron chi connectivity index (χ1n) is 5.63. The molecular formula is C13H18O4. The van der Waals surface area contributed by atoms with Crippen LogP contribution in [-0.4, -0.2) is 30.9 Å². The Morgan fingerprint density at radius 2 is 2.00 bits per heavy atom. The lowest BCUT2D eigenvalue weighted by atomic mass is 10.1. The second-order valence-electron chi connectivity index (χ2n) is 3.70. The smallest absolute Gasteiger partial charge is 0.335 e. The number of hydrogen-bond acceptors (Lipinski definition) is 3. The molecule has 0 bridgehead atoms. The molecule has 0 saturated carbocycles. The molecule has 0 aliphatic rings. The summed E-state index contributed by atoms with van der Waals surface area (Å²) in [6.45, 7) is 6.13. The topological polar surface area (TPSA) is 55.8 Å². The van der Waals surface area contributed by atoms with Crippen LogP contribution < -0.4 is 0 Å². The average molecular weight is 238 g/mol. The summed E-state index contributed by atoms with van der Waals surface area (Å²) in [5.74, 6) is -0.906. The van der Waals surface area contributed by atoms with Gasteiger partial charge in [-0.25, -0.2) is 4.79 Å². The van der Waals surface area contributed by atoms with E-state index >= 15 is 0 Å². The number of hydrogen-bond donors (Lipinski definition) is 1. The number of aromatic carboxylic acids is 1. The molecule has 0 aliphatic carbocycles. The van der Waals surface area contributed by atoms with E-state index in [1.54, 1.807) is 18.2 Å². The first-order valence-corrected chi connectivity index (χ1v) is 5.63. The Hall–Kier alpha value is -1.39. The Morgan fingerprint density at radius 1 is 1.29 bits per heavy atom. The van der Waals surface area contributed by atoms with Crippen LogP contribution in [0, 0.1) is 6.92 Å². The Labute approximate surface area is 101 Å². The fraction of sp³-hybridized carbons (Fsp3) is 0.462. The lowest BCUT2D eigenvalue weighted by Gasteiger charge is -2.08. The van der Waals surface area contributed by atoms with Crippen LogP contribution in [0.4, 0.5) is 0 Å². The zero-order valence-corrected chi connectivity index (χ0v) is 10.2. The van der Waals surface area contributed by atoms with Crippen LogP contribution >= 0.6 is 0 Å². The van der Waals surface area contributed by atoms with E-state index in [1.165, 1.54) is 0 Å². The average Bonchev–Trinajstić information content (AvgIpc) is 2.30. The van der Waals surface area contributed by atoms with Crippen molar-refractivity contribution in [3.63, 3.8) is 0 Å². The van der Waals surface area contributed by atoms with E-state index in [0.29, 0.717) is 32.0 Å². The van der Waals surface area contributed by atoms with Crippen molar-refractivity contribution in [3.8, 4) is 0 Å². The van der Waals surface area contributed by atoms with Crippen LogP contribution in [0.5, 0.6) is 0 Å². The molecular weight excluding hydrogens is 220 g/mol. The normalized spacial score (nSPS) is 10.5. The van der Waals surface area contributed by atoms with Crippen LogP contribution in [0.15, 0.2) is 18.2 Å². The van der Waals surface area contributed by atoms with Crippen molar-refractivity contribution in [2.75, 3.05) is 19.8 Å². The number of benzene rings is 1. The molecule has 1 aromatic carbocycles. The lowest BCUT2D eigenvalue weighted by molar-refractivity contribution is 0.0451. The van der Waals surface area contributed by atoms with Crippen molar-refractivity contribution in [2.24, 2.45) is 0 Å². The summed E-state index contributed by atoms with van der Waals surface area (Å²) in [7, 11) is 0. The van der Waals surface area contributed by atoms with Gasteiger partial charge in [0.2, 0.25) is 0 Å². The molecule has 0 atom stereocenters. The minimum absolute atomic E-state index is 0.306. The van der Waals surface area contributed by atoms with Crippen molar-refractivity contribution in [1.82, 2.24) is 0 Å². The maximum atomic E-state index is 10.7. The molecule has 0 unspecified atom stereocenters. The number of carboxylic acid groups (broad SMARTS) is 1. The Kier molecular flexibility index (Phi) is 5.66. The summed E-state index contributed by atoms with van der Waals surface area (Å²) >= 11 is 0. The molecule has 0 aromatic heterocycles. The van der Waals surface area contributed by atoms with Crippen molar-refractivity contribution in [2.45, 2.75) is 20.5 Å². The molecule has 4 heteroatoms. The van der Waals surface area contributed by atoms with Crippen LogP contribution in [0.1, 0.15) is 28.4 Å². The molecule has 0 fully saturated rings. The SMILES string of the molecule is CCOCCOCc1ccc(C(=O)O)cc1C. The van der Waals surface area contributed by atoms with Gasteiger partial charge in [0.25, 0.3) is 0 Å². The Bertz CT molecular complexity index is 374. The van der Waals surface area contributed by atoms with Gasteiger partial charge >= 0.3 is 5.97 Å². The predicted octanol–water partition coefficient (Wildman–Crippen LogP) is 2.25. The van der Waals surface area contributed by atoms with Crippen LogP contribution in [0.25, 0.3) is 0 Å². The first kappa shape index (κ1) is 13.7. The third-order valence-electron chi connectivity index (χ3n) is 2.42. The van der Waals surface area contributed by atoms with E-state index in [0.717, 1.165) is 11.1 Å². The highest BCUT2D eigenvalue weighted by atomic mass is 16.5. The summed E-state index contributed by atoms with van der Waals surface area (Å²) in [6.07, 6.45) is 0. The number of carbonyl (C=O) groups is 1. The minimum Gasteiger partial charge on any atom is -0.478 e. The quantitative estimate of drug-likeness (QED) is 0.740. The number of carboxylic acids is 1. The first-order chi connectivity index (χ1) is 8.15. The second kappa shape index (κ2) is 7.04. The Morgan fingerprint density at radius 3 is 2.59 bits per heavy atom. The van der Waals surface area contributed by atoms with Gasteiger partial charge in [0.1, 0.15) is 0 Å². The fourth-order valence-electron chi connectivity index (χ4n) is 1.44. The van der Waals surface area contributed by atoms with Gasteiger partial charge in [-0.3, -0.25) is 0 Å². The summed E-state index contributed by atoms with van der Waals surface area (Å²) < 4.78 is 10.6. The van der Waals surface area contributed by atoms with Crippen molar-refractivity contribution < 1.29 is 19.4 Å². The summed E-state index contributed by atoms with van der Waals surface area (Å²) in [6, 6.07) is 5.04. The van der Waals surface area contributed by atoms with Crippen molar-refractivity contribution >= 4 is 5.97 Å². The Balaban J connectivity index is 2.46. The van der Waals surface area contributed by atoms with Gasteiger partial charge in [-0.2, -0.15) is 0 Å². The molecule has 0 aliphatic heterocycles. The molecule has 0 heterocycles. The van der Waals surface area contributed by atoms with Gasteiger partial charge in [-0.1, -0.05) is 6.07 Å². The highest BCUT2D eigenvalue weighted by Gasteiger charge is 2.05. The van der Waals surface area contributed by atoms with Crippen LogP contribution in [0.2, 0.25) is 0 Å². The maximum absolute atomic E-state index is 10.7. The molecule has 0 spiro atoms. The maximum Gasteiger partial charge on any atom is 0.335 e. The van der Waals surface area contributed by atoms with Gasteiger partial charge in [0, 0.05) is 6.61 Å².